The number of rotatable bonds is 9. The molecule has 1 amide bonds. The minimum atomic E-state index is -0.174. The zero-order valence-corrected chi connectivity index (χ0v) is 13.4. The minimum Gasteiger partial charge on any atom is -0.482 e. The standard InChI is InChI=1S/C16H24ClNO3/c1-3-4-13(7-8-19)10-18-16(20)11-21-15-9-12(2)5-6-14(15)17/h5-6,9,13,19H,3-4,7-8,10-11H2,1-2H3,(H,18,20). The van der Waals surface area contributed by atoms with Crippen molar-refractivity contribution in [3.05, 3.63) is 28.8 Å². The molecule has 1 atom stereocenters. The maximum atomic E-state index is 11.8. The number of amides is 1. The van der Waals surface area contributed by atoms with Crippen molar-refractivity contribution < 1.29 is 14.6 Å². The van der Waals surface area contributed by atoms with Gasteiger partial charge in [0.2, 0.25) is 0 Å². The third-order valence-corrected chi connectivity index (χ3v) is 3.58. The molecule has 0 aromatic heterocycles. The first kappa shape index (κ1) is 17.8. The molecule has 1 aromatic rings. The number of nitrogens with one attached hydrogen (secondary N) is 1. The fraction of sp³-hybridized carbons (Fsp3) is 0.562. The van der Waals surface area contributed by atoms with Crippen molar-refractivity contribution in [2.24, 2.45) is 5.92 Å². The Balaban J connectivity index is 2.38. The first-order valence-corrected chi connectivity index (χ1v) is 7.71. The van der Waals surface area contributed by atoms with E-state index in [-0.39, 0.29) is 19.1 Å². The van der Waals surface area contributed by atoms with E-state index in [0.717, 1.165) is 18.4 Å². The van der Waals surface area contributed by atoms with Crippen LogP contribution in [0.15, 0.2) is 18.2 Å². The van der Waals surface area contributed by atoms with Gasteiger partial charge in [0, 0.05) is 13.2 Å². The fourth-order valence-electron chi connectivity index (χ4n) is 2.11. The molecule has 1 rings (SSSR count). The van der Waals surface area contributed by atoms with Crippen molar-refractivity contribution in [3.8, 4) is 5.75 Å². The molecule has 4 nitrogen and oxygen atoms in total. The largest absolute Gasteiger partial charge is 0.482 e. The smallest absolute Gasteiger partial charge is 0.257 e. The van der Waals surface area contributed by atoms with E-state index in [9.17, 15) is 4.79 Å². The van der Waals surface area contributed by atoms with Crippen LogP contribution in [-0.4, -0.2) is 30.8 Å². The Labute approximate surface area is 131 Å². The van der Waals surface area contributed by atoms with Gasteiger partial charge in [0.25, 0.3) is 5.91 Å². The average Bonchev–Trinajstić information content (AvgIpc) is 2.46. The van der Waals surface area contributed by atoms with Gasteiger partial charge < -0.3 is 15.2 Å². The van der Waals surface area contributed by atoms with Crippen molar-refractivity contribution >= 4 is 17.5 Å². The van der Waals surface area contributed by atoms with Crippen molar-refractivity contribution in [2.45, 2.75) is 33.1 Å². The maximum absolute atomic E-state index is 11.8. The van der Waals surface area contributed by atoms with Crippen LogP contribution in [0, 0.1) is 12.8 Å². The van der Waals surface area contributed by atoms with Gasteiger partial charge >= 0.3 is 0 Å². The Morgan fingerprint density at radius 3 is 2.86 bits per heavy atom. The van der Waals surface area contributed by atoms with Crippen LogP contribution in [0.1, 0.15) is 31.7 Å². The van der Waals surface area contributed by atoms with Crippen molar-refractivity contribution in [2.75, 3.05) is 19.8 Å². The van der Waals surface area contributed by atoms with E-state index in [2.05, 4.69) is 12.2 Å². The van der Waals surface area contributed by atoms with E-state index in [1.54, 1.807) is 12.1 Å². The number of hydrogen-bond donors (Lipinski definition) is 2. The number of aliphatic hydroxyl groups is 1. The lowest BCUT2D eigenvalue weighted by molar-refractivity contribution is -0.123. The molecule has 0 saturated heterocycles. The van der Waals surface area contributed by atoms with Crippen LogP contribution in [0.25, 0.3) is 0 Å². The molecule has 0 aliphatic heterocycles. The highest BCUT2D eigenvalue weighted by atomic mass is 35.5. The van der Waals surface area contributed by atoms with Gasteiger partial charge in [-0.15, -0.1) is 0 Å². The van der Waals surface area contributed by atoms with E-state index >= 15 is 0 Å². The molecule has 2 N–H and O–H groups in total. The maximum Gasteiger partial charge on any atom is 0.257 e. The summed E-state index contributed by atoms with van der Waals surface area (Å²) in [5, 5.41) is 12.3. The monoisotopic (exact) mass is 313 g/mol. The van der Waals surface area contributed by atoms with E-state index in [1.165, 1.54) is 0 Å². The Bertz CT molecular complexity index is 445. The summed E-state index contributed by atoms with van der Waals surface area (Å²) in [5.41, 5.74) is 1.03. The molecule has 21 heavy (non-hydrogen) atoms. The second-order valence-corrected chi connectivity index (χ2v) is 5.60. The molecular weight excluding hydrogens is 290 g/mol. The fourth-order valence-corrected chi connectivity index (χ4v) is 2.29. The van der Waals surface area contributed by atoms with Crippen LogP contribution in [0.4, 0.5) is 0 Å². The Morgan fingerprint density at radius 2 is 2.19 bits per heavy atom. The molecule has 1 unspecified atom stereocenters. The molecule has 1 aromatic carbocycles. The Morgan fingerprint density at radius 1 is 1.43 bits per heavy atom. The molecule has 0 spiro atoms. The van der Waals surface area contributed by atoms with Crippen molar-refractivity contribution in [1.82, 2.24) is 5.32 Å². The van der Waals surface area contributed by atoms with Crippen LogP contribution in [0.5, 0.6) is 5.75 Å². The topological polar surface area (TPSA) is 58.6 Å². The predicted octanol–water partition coefficient (Wildman–Crippen LogP) is 2.94. The van der Waals surface area contributed by atoms with Crippen LogP contribution >= 0.6 is 11.6 Å². The third kappa shape index (κ3) is 6.82. The first-order valence-electron chi connectivity index (χ1n) is 7.33. The van der Waals surface area contributed by atoms with E-state index in [4.69, 9.17) is 21.4 Å². The van der Waals surface area contributed by atoms with E-state index < -0.39 is 0 Å². The molecule has 5 heteroatoms. The van der Waals surface area contributed by atoms with Gasteiger partial charge in [-0.1, -0.05) is 31.0 Å². The van der Waals surface area contributed by atoms with Crippen molar-refractivity contribution in [3.63, 3.8) is 0 Å². The second-order valence-electron chi connectivity index (χ2n) is 5.19. The quantitative estimate of drug-likeness (QED) is 0.737. The number of benzene rings is 1. The predicted molar refractivity (Wildman–Crippen MR) is 84.8 cm³/mol. The number of carbonyl (C=O) groups is 1. The van der Waals surface area contributed by atoms with Crippen LogP contribution in [-0.2, 0) is 4.79 Å². The summed E-state index contributed by atoms with van der Waals surface area (Å²) in [6, 6.07) is 5.45. The zero-order chi connectivity index (χ0) is 15.7. The molecule has 118 valence electrons. The summed E-state index contributed by atoms with van der Waals surface area (Å²) < 4.78 is 5.44. The average molecular weight is 314 g/mol. The Kier molecular flexibility index (Phi) is 8.16. The molecular formula is C16H24ClNO3. The molecule has 0 aliphatic rings. The number of hydrogen-bond acceptors (Lipinski definition) is 3. The summed E-state index contributed by atoms with van der Waals surface area (Å²) in [7, 11) is 0. The lowest BCUT2D eigenvalue weighted by Gasteiger charge is -2.16. The van der Waals surface area contributed by atoms with Crippen LogP contribution in [0.3, 0.4) is 0 Å². The second kappa shape index (κ2) is 9.64. The van der Waals surface area contributed by atoms with Crippen LogP contribution < -0.4 is 10.1 Å². The molecule has 0 saturated carbocycles. The molecule has 0 bridgehead atoms. The summed E-state index contributed by atoms with van der Waals surface area (Å²) >= 11 is 6.01. The first-order chi connectivity index (χ1) is 10.1. The summed E-state index contributed by atoms with van der Waals surface area (Å²) in [6.07, 6.45) is 2.74. The lowest BCUT2D eigenvalue weighted by atomic mass is 10.0. The number of aryl methyl sites for hydroxylation is 1. The van der Waals surface area contributed by atoms with E-state index in [1.807, 2.05) is 13.0 Å². The van der Waals surface area contributed by atoms with E-state index in [0.29, 0.717) is 29.7 Å². The van der Waals surface area contributed by atoms with Gasteiger partial charge in [0.15, 0.2) is 6.61 Å². The van der Waals surface area contributed by atoms with Gasteiger partial charge in [-0.3, -0.25) is 4.79 Å². The van der Waals surface area contributed by atoms with Gasteiger partial charge in [0.05, 0.1) is 5.02 Å². The molecule has 0 heterocycles. The van der Waals surface area contributed by atoms with Gasteiger partial charge in [-0.2, -0.15) is 0 Å². The van der Waals surface area contributed by atoms with Crippen molar-refractivity contribution in [1.29, 1.82) is 0 Å². The number of aliphatic hydroxyl groups excluding tert-OH is 1. The van der Waals surface area contributed by atoms with Gasteiger partial charge in [-0.25, -0.2) is 0 Å². The lowest BCUT2D eigenvalue weighted by Crippen LogP contribution is -2.33. The number of halogens is 1. The summed E-state index contributed by atoms with van der Waals surface area (Å²) in [6.45, 7) is 4.69. The summed E-state index contributed by atoms with van der Waals surface area (Å²) in [4.78, 5) is 11.8. The minimum absolute atomic E-state index is 0.0544. The van der Waals surface area contributed by atoms with Gasteiger partial charge in [-0.05, 0) is 43.4 Å². The van der Waals surface area contributed by atoms with Crippen LogP contribution in [0.2, 0.25) is 5.02 Å². The van der Waals surface area contributed by atoms with Gasteiger partial charge in [0.1, 0.15) is 5.75 Å². The highest BCUT2D eigenvalue weighted by molar-refractivity contribution is 6.32. The number of ether oxygens (including phenoxy) is 1. The molecule has 0 aliphatic carbocycles. The highest BCUT2D eigenvalue weighted by Gasteiger charge is 2.10. The highest BCUT2D eigenvalue weighted by Crippen LogP contribution is 2.25. The third-order valence-electron chi connectivity index (χ3n) is 3.27. The normalized spacial score (nSPS) is 12.0. The summed E-state index contributed by atoms with van der Waals surface area (Å²) in [5.74, 6) is 0.658. The number of carbonyl (C=O) groups excluding carboxylic acids is 1. The zero-order valence-electron chi connectivity index (χ0n) is 12.7. The SMILES string of the molecule is CCCC(CCO)CNC(=O)COc1cc(C)ccc1Cl. The Hall–Kier alpha value is -1.26. The molecule has 0 fully saturated rings. The molecule has 0 radical (unpaired) electrons.